The quantitative estimate of drug-likeness (QED) is 0.652. The third-order valence-corrected chi connectivity index (χ3v) is 5.64. The number of benzene rings is 2. The average Bonchev–Trinajstić information content (AvgIpc) is 3.00. The maximum Gasteiger partial charge on any atom is 0.272 e. The molecule has 1 aromatic heterocycles. The van der Waals surface area contributed by atoms with Crippen LogP contribution in [0.5, 0.6) is 5.75 Å². The van der Waals surface area contributed by atoms with Gasteiger partial charge in [0.2, 0.25) is 5.91 Å². The van der Waals surface area contributed by atoms with E-state index in [1.807, 2.05) is 23.1 Å². The lowest BCUT2D eigenvalue weighted by atomic mass is 10.2. The lowest BCUT2D eigenvalue weighted by molar-refractivity contribution is -0.117. The molecule has 160 valence electrons. The molecule has 31 heavy (non-hydrogen) atoms. The van der Waals surface area contributed by atoms with E-state index in [2.05, 4.69) is 10.3 Å². The lowest BCUT2D eigenvalue weighted by Gasteiger charge is -2.21. The second-order valence-electron chi connectivity index (χ2n) is 7.50. The van der Waals surface area contributed by atoms with Crippen molar-refractivity contribution in [3.8, 4) is 5.75 Å². The molecule has 0 atom stereocenters. The number of aromatic hydroxyl groups is 1. The molecule has 1 aliphatic rings. The topological polar surface area (TPSA) is 85.8 Å². The first-order chi connectivity index (χ1) is 15.0. The molecule has 2 N–H and O–H groups in total. The van der Waals surface area contributed by atoms with E-state index in [0.717, 1.165) is 11.8 Å². The van der Waals surface area contributed by atoms with Crippen LogP contribution in [0.2, 0.25) is 5.02 Å². The van der Waals surface area contributed by atoms with E-state index in [1.165, 1.54) is 0 Å². The van der Waals surface area contributed by atoms with Crippen molar-refractivity contribution < 1.29 is 14.7 Å². The van der Waals surface area contributed by atoms with Gasteiger partial charge in [-0.25, -0.2) is 4.98 Å². The zero-order valence-corrected chi connectivity index (χ0v) is 17.7. The normalized spacial score (nSPS) is 14.9. The van der Waals surface area contributed by atoms with Gasteiger partial charge >= 0.3 is 0 Å². The Bertz CT molecular complexity index is 1120. The number of pyridine rings is 1. The monoisotopic (exact) mass is 438 g/mol. The fourth-order valence-corrected chi connectivity index (χ4v) is 3.88. The third kappa shape index (κ3) is 4.95. The fraction of sp³-hybridized carbons (Fsp3) is 0.261. The van der Waals surface area contributed by atoms with Crippen LogP contribution in [0.25, 0.3) is 10.9 Å². The number of hydrogen-bond donors (Lipinski definition) is 2. The van der Waals surface area contributed by atoms with Gasteiger partial charge in [0.15, 0.2) is 0 Å². The minimum atomic E-state index is -0.174. The van der Waals surface area contributed by atoms with Crippen LogP contribution in [0.4, 0.5) is 5.69 Å². The van der Waals surface area contributed by atoms with E-state index in [-0.39, 0.29) is 24.1 Å². The van der Waals surface area contributed by atoms with Gasteiger partial charge in [0, 0.05) is 31.6 Å². The summed E-state index contributed by atoms with van der Waals surface area (Å²) in [6, 6.07) is 15.7. The highest BCUT2D eigenvalue weighted by Gasteiger charge is 2.23. The molecule has 0 radical (unpaired) electrons. The molecule has 0 saturated carbocycles. The molecule has 2 heterocycles. The van der Waals surface area contributed by atoms with Gasteiger partial charge in [-0.05, 0) is 30.7 Å². The maximum atomic E-state index is 13.0. The van der Waals surface area contributed by atoms with Gasteiger partial charge in [0.25, 0.3) is 5.91 Å². The summed E-state index contributed by atoms with van der Waals surface area (Å²) in [5, 5.41) is 14.1. The predicted octanol–water partition coefficient (Wildman–Crippen LogP) is 3.38. The van der Waals surface area contributed by atoms with Crippen LogP contribution in [0.1, 0.15) is 16.9 Å². The van der Waals surface area contributed by atoms with Crippen molar-refractivity contribution in [1.82, 2.24) is 14.8 Å². The number of aromatic nitrogens is 1. The molecule has 2 amide bonds. The van der Waals surface area contributed by atoms with E-state index in [0.29, 0.717) is 48.1 Å². The van der Waals surface area contributed by atoms with Crippen LogP contribution in [-0.4, -0.2) is 64.4 Å². The Morgan fingerprint density at radius 2 is 1.84 bits per heavy atom. The Morgan fingerprint density at radius 1 is 1.00 bits per heavy atom. The Morgan fingerprint density at radius 3 is 2.68 bits per heavy atom. The molecule has 0 unspecified atom stereocenters. The summed E-state index contributed by atoms with van der Waals surface area (Å²) in [5.41, 5.74) is 1.31. The summed E-state index contributed by atoms with van der Waals surface area (Å²) in [6.45, 7) is 2.61. The molecule has 1 aliphatic heterocycles. The van der Waals surface area contributed by atoms with Crippen LogP contribution in [0.3, 0.4) is 0 Å². The molecule has 0 spiro atoms. The Hall–Kier alpha value is -3.16. The van der Waals surface area contributed by atoms with Crippen molar-refractivity contribution in [3.63, 3.8) is 0 Å². The second kappa shape index (κ2) is 9.32. The molecule has 0 aliphatic carbocycles. The number of para-hydroxylation sites is 2. The number of fused-ring (bicyclic) bond motifs is 1. The summed E-state index contributed by atoms with van der Waals surface area (Å²) in [4.78, 5) is 33.5. The number of nitrogens with one attached hydrogen (secondary N) is 1. The SMILES string of the molecule is O=C(CN1CCCN(C(=O)c2ccc3cccc(O)c3n2)CC1)Nc1ccccc1Cl. The van der Waals surface area contributed by atoms with E-state index in [1.54, 1.807) is 41.3 Å². The van der Waals surface area contributed by atoms with Crippen LogP contribution in [0.15, 0.2) is 54.6 Å². The van der Waals surface area contributed by atoms with Crippen molar-refractivity contribution in [2.45, 2.75) is 6.42 Å². The number of nitrogens with zero attached hydrogens (tertiary/aromatic N) is 3. The van der Waals surface area contributed by atoms with E-state index in [4.69, 9.17) is 11.6 Å². The minimum Gasteiger partial charge on any atom is -0.506 e. The van der Waals surface area contributed by atoms with Crippen molar-refractivity contribution in [1.29, 1.82) is 0 Å². The molecule has 1 fully saturated rings. The first kappa shape index (κ1) is 21.1. The zero-order valence-electron chi connectivity index (χ0n) is 16.9. The number of carbonyl (C=O) groups excluding carboxylic acids is 2. The van der Waals surface area contributed by atoms with E-state index < -0.39 is 0 Å². The van der Waals surface area contributed by atoms with Gasteiger partial charge in [0.1, 0.15) is 17.0 Å². The summed E-state index contributed by atoms with van der Waals surface area (Å²) in [7, 11) is 0. The van der Waals surface area contributed by atoms with Gasteiger partial charge in [-0.2, -0.15) is 0 Å². The summed E-state index contributed by atoms with van der Waals surface area (Å²) < 4.78 is 0. The van der Waals surface area contributed by atoms with Crippen LogP contribution in [0, 0.1) is 0 Å². The number of hydrogen-bond acceptors (Lipinski definition) is 5. The van der Waals surface area contributed by atoms with Crippen molar-refractivity contribution in [2.75, 3.05) is 38.0 Å². The van der Waals surface area contributed by atoms with Crippen molar-refractivity contribution >= 4 is 40.0 Å². The van der Waals surface area contributed by atoms with Gasteiger partial charge in [-0.1, -0.05) is 41.9 Å². The number of halogens is 1. The number of amides is 2. The maximum absolute atomic E-state index is 13.0. The first-order valence-electron chi connectivity index (χ1n) is 10.2. The first-order valence-corrected chi connectivity index (χ1v) is 10.5. The number of anilines is 1. The average molecular weight is 439 g/mol. The summed E-state index contributed by atoms with van der Waals surface area (Å²) in [5.74, 6) is -0.259. The van der Waals surface area contributed by atoms with Crippen molar-refractivity contribution in [2.24, 2.45) is 0 Å². The van der Waals surface area contributed by atoms with Crippen LogP contribution in [-0.2, 0) is 4.79 Å². The zero-order chi connectivity index (χ0) is 21.8. The molecular weight excluding hydrogens is 416 g/mol. The van der Waals surface area contributed by atoms with Gasteiger partial charge < -0.3 is 15.3 Å². The highest BCUT2D eigenvalue weighted by atomic mass is 35.5. The highest BCUT2D eigenvalue weighted by molar-refractivity contribution is 6.33. The summed E-state index contributed by atoms with van der Waals surface area (Å²) in [6.07, 6.45) is 0.754. The Kier molecular flexibility index (Phi) is 6.34. The van der Waals surface area contributed by atoms with Gasteiger partial charge in [-0.15, -0.1) is 0 Å². The molecule has 3 aromatic rings. The molecule has 8 heteroatoms. The van der Waals surface area contributed by atoms with E-state index in [9.17, 15) is 14.7 Å². The van der Waals surface area contributed by atoms with Crippen molar-refractivity contribution in [3.05, 3.63) is 65.3 Å². The third-order valence-electron chi connectivity index (χ3n) is 5.31. The summed E-state index contributed by atoms with van der Waals surface area (Å²) >= 11 is 6.10. The standard InChI is InChI=1S/C23H23ClN4O3/c24-17-6-1-2-7-18(17)25-21(30)15-27-11-4-12-28(14-13-27)23(31)19-10-9-16-5-3-8-20(29)22(16)26-19/h1-3,5-10,29H,4,11-15H2,(H,25,30). The second-order valence-corrected chi connectivity index (χ2v) is 7.90. The Balaban J connectivity index is 1.37. The molecule has 2 aromatic carbocycles. The lowest BCUT2D eigenvalue weighted by Crippen LogP contribution is -2.38. The number of carbonyl (C=O) groups is 2. The van der Waals surface area contributed by atoms with Crippen LogP contribution < -0.4 is 5.32 Å². The molecular formula is C23H23ClN4O3. The number of phenolic OH excluding ortho intramolecular Hbond substituents is 1. The number of phenols is 1. The molecule has 0 bridgehead atoms. The predicted molar refractivity (Wildman–Crippen MR) is 120 cm³/mol. The fourth-order valence-electron chi connectivity index (χ4n) is 3.70. The molecule has 4 rings (SSSR count). The number of rotatable bonds is 4. The van der Waals surface area contributed by atoms with Gasteiger partial charge in [-0.3, -0.25) is 14.5 Å². The Labute approximate surface area is 185 Å². The largest absolute Gasteiger partial charge is 0.506 e. The van der Waals surface area contributed by atoms with E-state index >= 15 is 0 Å². The molecule has 7 nitrogen and oxygen atoms in total. The molecule has 1 saturated heterocycles. The highest BCUT2D eigenvalue weighted by Crippen LogP contribution is 2.23. The smallest absolute Gasteiger partial charge is 0.272 e. The van der Waals surface area contributed by atoms with Crippen LogP contribution >= 0.6 is 11.6 Å². The van der Waals surface area contributed by atoms with Gasteiger partial charge in [0.05, 0.1) is 17.3 Å². The minimum absolute atomic E-state index is 0.0544.